The van der Waals surface area contributed by atoms with Crippen LogP contribution in [0.1, 0.15) is 42.5 Å². The maximum atomic E-state index is 12.4. The van der Waals surface area contributed by atoms with Gasteiger partial charge in [-0.2, -0.15) is 0 Å². The van der Waals surface area contributed by atoms with Gasteiger partial charge in [-0.05, 0) is 24.8 Å². The standard InChI is InChI=1S/C15H23N3O2/c1-20-14-10-17-8-7-12(14)15(19)18-13(9-16)11-5-3-2-4-6-11/h7-8,10-11,13H,2-6,9,16H2,1H3,(H,18,19). The van der Waals surface area contributed by atoms with Crippen molar-refractivity contribution in [2.75, 3.05) is 13.7 Å². The quantitative estimate of drug-likeness (QED) is 0.859. The van der Waals surface area contributed by atoms with Crippen LogP contribution in [0.5, 0.6) is 5.75 Å². The highest BCUT2D eigenvalue weighted by Crippen LogP contribution is 2.26. The van der Waals surface area contributed by atoms with Crippen LogP contribution in [0, 0.1) is 5.92 Å². The number of nitrogens with one attached hydrogen (secondary N) is 1. The van der Waals surface area contributed by atoms with Gasteiger partial charge in [0, 0.05) is 18.8 Å². The summed E-state index contributed by atoms with van der Waals surface area (Å²) in [6.45, 7) is 0.476. The van der Waals surface area contributed by atoms with Crippen molar-refractivity contribution < 1.29 is 9.53 Å². The summed E-state index contributed by atoms with van der Waals surface area (Å²) in [6, 6.07) is 1.71. The van der Waals surface area contributed by atoms with Crippen molar-refractivity contribution in [3.63, 3.8) is 0 Å². The van der Waals surface area contributed by atoms with E-state index in [1.54, 1.807) is 18.5 Å². The summed E-state index contributed by atoms with van der Waals surface area (Å²) in [4.78, 5) is 16.3. The van der Waals surface area contributed by atoms with Crippen LogP contribution in [0.3, 0.4) is 0 Å². The predicted octanol–water partition coefficient (Wildman–Crippen LogP) is 1.73. The van der Waals surface area contributed by atoms with Gasteiger partial charge in [0.05, 0.1) is 18.9 Å². The lowest BCUT2D eigenvalue weighted by atomic mass is 9.84. The van der Waals surface area contributed by atoms with Crippen molar-refractivity contribution in [2.24, 2.45) is 11.7 Å². The van der Waals surface area contributed by atoms with Crippen LogP contribution in [-0.2, 0) is 0 Å². The van der Waals surface area contributed by atoms with Gasteiger partial charge in [0.25, 0.3) is 5.91 Å². The number of rotatable bonds is 5. The average molecular weight is 277 g/mol. The van der Waals surface area contributed by atoms with Crippen LogP contribution in [0.2, 0.25) is 0 Å². The van der Waals surface area contributed by atoms with Crippen molar-refractivity contribution in [2.45, 2.75) is 38.1 Å². The number of methoxy groups -OCH3 is 1. The number of ether oxygens (including phenoxy) is 1. The van der Waals surface area contributed by atoms with Crippen LogP contribution < -0.4 is 15.8 Å². The fourth-order valence-electron chi connectivity index (χ4n) is 2.88. The summed E-state index contributed by atoms with van der Waals surface area (Å²) in [7, 11) is 1.54. The fraction of sp³-hybridized carbons (Fsp3) is 0.600. The summed E-state index contributed by atoms with van der Waals surface area (Å²) in [6.07, 6.45) is 9.19. The van der Waals surface area contributed by atoms with E-state index >= 15 is 0 Å². The zero-order valence-electron chi connectivity index (χ0n) is 12.0. The first kappa shape index (κ1) is 14.8. The number of carbonyl (C=O) groups is 1. The highest BCUT2D eigenvalue weighted by atomic mass is 16.5. The van der Waals surface area contributed by atoms with Gasteiger partial charge >= 0.3 is 0 Å². The fourth-order valence-corrected chi connectivity index (χ4v) is 2.88. The largest absolute Gasteiger partial charge is 0.494 e. The van der Waals surface area contributed by atoms with E-state index in [-0.39, 0.29) is 11.9 Å². The number of nitrogens with zero attached hydrogens (tertiary/aromatic N) is 1. The van der Waals surface area contributed by atoms with Gasteiger partial charge in [-0.1, -0.05) is 19.3 Å². The molecule has 1 unspecified atom stereocenters. The summed E-state index contributed by atoms with van der Waals surface area (Å²) < 4.78 is 5.17. The average Bonchev–Trinajstić information content (AvgIpc) is 2.53. The first-order valence-electron chi connectivity index (χ1n) is 7.25. The maximum Gasteiger partial charge on any atom is 0.255 e. The van der Waals surface area contributed by atoms with E-state index in [1.807, 2.05) is 0 Å². The molecule has 5 nitrogen and oxygen atoms in total. The molecule has 1 fully saturated rings. The van der Waals surface area contributed by atoms with Gasteiger partial charge < -0.3 is 15.8 Å². The Labute approximate surface area is 119 Å². The second-order valence-corrected chi connectivity index (χ2v) is 5.29. The molecule has 1 aliphatic carbocycles. The monoisotopic (exact) mass is 277 g/mol. The Morgan fingerprint density at radius 3 is 2.90 bits per heavy atom. The molecule has 5 heteroatoms. The Balaban J connectivity index is 2.04. The molecular weight excluding hydrogens is 254 g/mol. The van der Waals surface area contributed by atoms with E-state index in [2.05, 4.69) is 10.3 Å². The lowest BCUT2D eigenvalue weighted by Gasteiger charge is -2.30. The molecule has 110 valence electrons. The van der Waals surface area contributed by atoms with Crippen molar-refractivity contribution in [1.82, 2.24) is 10.3 Å². The first-order valence-corrected chi connectivity index (χ1v) is 7.25. The van der Waals surface area contributed by atoms with Gasteiger partial charge in [0.15, 0.2) is 0 Å². The molecule has 20 heavy (non-hydrogen) atoms. The van der Waals surface area contributed by atoms with E-state index in [4.69, 9.17) is 10.5 Å². The molecule has 0 radical (unpaired) electrons. The molecule has 1 aliphatic rings. The smallest absolute Gasteiger partial charge is 0.255 e. The van der Waals surface area contributed by atoms with E-state index < -0.39 is 0 Å². The summed E-state index contributed by atoms with van der Waals surface area (Å²) in [5.74, 6) is 0.847. The zero-order chi connectivity index (χ0) is 14.4. The van der Waals surface area contributed by atoms with Crippen LogP contribution >= 0.6 is 0 Å². The van der Waals surface area contributed by atoms with Gasteiger partial charge in [-0.25, -0.2) is 0 Å². The molecule has 1 aromatic heterocycles. The molecule has 0 aliphatic heterocycles. The summed E-state index contributed by atoms with van der Waals surface area (Å²) in [5.41, 5.74) is 6.35. The Kier molecular flexibility index (Phi) is 5.35. The Morgan fingerprint density at radius 2 is 2.25 bits per heavy atom. The Morgan fingerprint density at radius 1 is 1.50 bits per heavy atom. The van der Waals surface area contributed by atoms with Crippen molar-refractivity contribution in [3.05, 3.63) is 24.0 Å². The number of hydrogen-bond donors (Lipinski definition) is 2. The Bertz CT molecular complexity index is 444. The number of hydrogen-bond acceptors (Lipinski definition) is 4. The van der Waals surface area contributed by atoms with Crippen LogP contribution in [0.4, 0.5) is 0 Å². The second-order valence-electron chi connectivity index (χ2n) is 5.29. The minimum Gasteiger partial charge on any atom is -0.494 e. The molecule has 0 saturated heterocycles. The van der Waals surface area contributed by atoms with E-state index in [0.717, 1.165) is 12.8 Å². The third-order valence-electron chi connectivity index (χ3n) is 4.04. The van der Waals surface area contributed by atoms with Gasteiger partial charge in [0.1, 0.15) is 5.75 Å². The molecule has 0 aromatic carbocycles. The molecule has 0 bridgehead atoms. The number of carbonyl (C=O) groups excluding carboxylic acids is 1. The van der Waals surface area contributed by atoms with Crippen LogP contribution in [-0.4, -0.2) is 30.6 Å². The number of pyridine rings is 1. The molecular formula is C15H23N3O2. The molecule has 1 amide bonds. The topological polar surface area (TPSA) is 77.2 Å². The van der Waals surface area contributed by atoms with Crippen LogP contribution in [0.25, 0.3) is 0 Å². The van der Waals surface area contributed by atoms with Gasteiger partial charge in [-0.15, -0.1) is 0 Å². The highest BCUT2D eigenvalue weighted by molar-refractivity contribution is 5.96. The summed E-state index contributed by atoms with van der Waals surface area (Å²) in [5, 5.41) is 3.06. The lowest BCUT2D eigenvalue weighted by molar-refractivity contribution is 0.0912. The molecule has 2 rings (SSSR count). The first-order chi connectivity index (χ1) is 9.76. The lowest BCUT2D eigenvalue weighted by Crippen LogP contribution is -2.46. The molecule has 1 heterocycles. The van der Waals surface area contributed by atoms with E-state index in [0.29, 0.717) is 23.8 Å². The normalized spacial score (nSPS) is 17.5. The zero-order valence-corrected chi connectivity index (χ0v) is 12.0. The minimum atomic E-state index is -0.134. The molecule has 3 N–H and O–H groups in total. The molecule has 0 spiro atoms. The minimum absolute atomic E-state index is 0.0423. The maximum absolute atomic E-state index is 12.4. The number of aromatic nitrogens is 1. The van der Waals surface area contributed by atoms with E-state index in [9.17, 15) is 4.79 Å². The predicted molar refractivity (Wildman–Crippen MR) is 77.7 cm³/mol. The van der Waals surface area contributed by atoms with Crippen molar-refractivity contribution >= 4 is 5.91 Å². The van der Waals surface area contributed by atoms with E-state index in [1.165, 1.54) is 26.4 Å². The molecule has 1 aromatic rings. The van der Waals surface area contributed by atoms with Gasteiger partial charge in [-0.3, -0.25) is 9.78 Å². The SMILES string of the molecule is COc1cnccc1C(=O)NC(CN)C1CCCCC1. The van der Waals surface area contributed by atoms with Crippen molar-refractivity contribution in [3.8, 4) is 5.75 Å². The molecule has 1 saturated carbocycles. The summed E-state index contributed by atoms with van der Waals surface area (Å²) >= 11 is 0. The van der Waals surface area contributed by atoms with Crippen molar-refractivity contribution in [1.29, 1.82) is 0 Å². The van der Waals surface area contributed by atoms with Crippen LogP contribution in [0.15, 0.2) is 18.5 Å². The Hall–Kier alpha value is -1.62. The van der Waals surface area contributed by atoms with Gasteiger partial charge in [0.2, 0.25) is 0 Å². The number of amides is 1. The number of nitrogens with two attached hydrogens (primary N) is 1. The third-order valence-corrected chi connectivity index (χ3v) is 4.04. The molecule has 1 atom stereocenters. The third kappa shape index (κ3) is 3.48. The highest BCUT2D eigenvalue weighted by Gasteiger charge is 2.25. The second kappa shape index (κ2) is 7.24.